The van der Waals surface area contributed by atoms with Crippen LogP contribution in [0.3, 0.4) is 0 Å². The van der Waals surface area contributed by atoms with E-state index in [0.717, 1.165) is 50.6 Å². The van der Waals surface area contributed by atoms with Gasteiger partial charge in [0.1, 0.15) is 0 Å². The largest absolute Gasteiger partial charge is 0.464 e. The lowest BCUT2D eigenvalue weighted by Gasteiger charge is -2.26. The molecule has 0 saturated heterocycles. The zero-order valence-corrected chi connectivity index (χ0v) is 31.7. The van der Waals surface area contributed by atoms with Crippen LogP contribution in [0.4, 0.5) is 22.7 Å². The van der Waals surface area contributed by atoms with Crippen LogP contribution in [-0.2, 0) is 0 Å². The van der Waals surface area contributed by atoms with E-state index >= 15 is 0 Å². The number of hydrogen-bond acceptors (Lipinski definition) is 3. The molecule has 0 aliphatic carbocycles. The van der Waals surface area contributed by atoms with E-state index in [1.165, 1.54) is 49.2 Å². The van der Waals surface area contributed by atoms with E-state index in [0.29, 0.717) is 0 Å². The smallest absolute Gasteiger partial charge is 0.196 e. The lowest BCUT2D eigenvalue weighted by atomic mass is 9.95. The fourth-order valence-corrected chi connectivity index (χ4v) is 8.52. The minimum atomic E-state index is -0.248. The van der Waals surface area contributed by atoms with Gasteiger partial charge in [-0.15, -0.1) is 0 Å². The molecule has 58 heavy (non-hydrogen) atoms. The third-order valence-corrected chi connectivity index (χ3v) is 11.5. The number of hydrogen-bond donors (Lipinski definition) is 1. The van der Waals surface area contributed by atoms with E-state index in [-0.39, 0.29) is 6.23 Å². The number of nitrogens with one attached hydrogen (secondary N) is 1. The van der Waals surface area contributed by atoms with Crippen molar-refractivity contribution in [2.75, 3.05) is 10.2 Å². The Bertz CT molecular complexity index is 3090. The van der Waals surface area contributed by atoms with Gasteiger partial charge in [-0.3, -0.25) is 0 Å². The number of benzene rings is 10. The molecule has 1 N–H and O–H groups in total. The summed E-state index contributed by atoms with van der Waals surface area (Å²) in [5.41, 5.74) is 12.5. The average molecular weight is 743 g/mol. The Labute approximate surface area is 338 Å². The monoisotopic (exact) mass is 742 g/mol. The summed E-state index contributed by atoms with van der Waals surface area (Å²) >= 11 is 0. The van der Waals surface area contributed by atoms with Gasteiger partial charge in [0.05, 0.1) is 5.69 Å². The summed E-state index contributed by atoms with van der Waals surface area (Å²) in [7, 11) is 0. The predicted octanol–water partition coefficient (Wildman–Crippen LogP) is 15.1. The SMILES string of the molecule is c1ccc(-c2ccc(N(c3ccc(-c4ccc5ccccc5c4)cc3)c3ccc(-c4ccc5c(c4)c4c(c6ccccc65)NC(c5ccccc5)O4)cc3)cc2)cc1. The van der Waals surface area contributed by atoms with Crippen LogP contribution < -0.4 is 15.0 Å². The van der Waals surface area contributed by atoms with Gasteiger partial charge in [0.15, 0.2) is 12.0 Å². The van der Waals surface area contributed by atoms with Crippen molar-refractivity contribution in [1.29, 1.82) is 0 Å². The molecule has 1 aliphatic heterocycles. The standard InChI is InChI=1S/C55H38N2O/c1-3-11-37(12-4-1)39-21-28-46(29-22-39)57(47-30-23-40(24-31-47)44-20-19-38-13-7-8-16-43(38)35-44)48-32-25-41(26-33-48)45-27-34-50-49-17-9-10-18-51(49)53-54(52(50)36-45)58-55(56-53)42-14-5-2-6-15-42/h1-36,55-56H. The molecule has 1 unspecified atom stereocenters. The summed E-state index contributed by atoms with van der Waals surface area (Å²) in [6.07, 6.45) is -0.248. The van der Waals surface area contributed by atoms with E-state index in [9.17, 15) is 0 Å². The lowest BCUT2D eigenvalue weighted by Crippen LogP contribution is -2.09. The molecule has 11 rings (SSSR count). The highest BCUT2D eigenvalue weighted by molar-refractivity contribution is 6.18. The Morgan fingerprint density at radius 3 is 1.47 bits per heavy atom. The van der Waals surface area contributed by atoms with Gasteiger partial charge in [-0.25, -0.2) is 0 Å². The molecule has 0 radical (unpaired) electrons. The number of fused-ring (bicyclic) bond motifs is 7. The molecule has 0 aromatic heterocycles. The second kappa shape index (κ2) is 14.1. The molecule has 10 aromatic rings. The third kappa shape index (κ3) is 6.01. The van der Waals surface area contributed by atoms with Crippen LogP contribution >= 0.6 is 0 Å². The number of rotatable bonds is 7. The van der Waals surface area contributed by atoms with Crippen molar-refractivity contribution in [3.8, 4) is 39.1 Å². The molecule has 0 bridgehead atoms. The molecule has 1 atom stereocenters. The van der Waals surface area contributed by atoms with Crippen molar-refractivity contribution in [1.82, 2.24) is 0 Å². The van der Waals surface area contributed by atoms with Crippen molar-refractivity contribution in [3.05, 3.63) is 224 Å². The maximum absolute atomic E-state index is 6.73. The first-order valence-electron chi connectivity index (χ1n) is 19.9. The van der Waals surface area contributed by atoms with Crippen LogP contribution in [0.5, 0.6) is 5.75 Å². The molecule has 3 heteroatoms. The van der Waals surface area contributed by atoms with E-state index in [1.54, 1.807) is 0 Å². The Hall–Kier alpha value is -7.62. The highest BCUT2D eigenvalue weighted by Crippen LogP contribution is 2.49. The van der Waals surface area contributed by atoms with Crippen molar-refractivity contribution in [2.24, 2.45) is 0 Å². The highest BCUT2D eigenvalue weighted by atomic mass is 16.5. The molecule has 1 aliphatic rings. The zero-order chi connectivity index (χ0) is 38.4. The highest BCUT2D eigenvalue weighted by Gasteiger charge is 2.28. The summed E-state index contributed by atoms with van der Waals surface area (Å²) in [5.74, 6) is 0.901. The summed E-state index contributed by atoms with van der Waals surface area (Å²) in [6.45, 7) is 0. The summed E-state index contributed by atoms with van der Waals surface area (Å²) in [6, 6.07) is 78.3. The molecule has 1 heterocycles. The quantitative estimate of drug-likeness (QED) is 0.165. The minimum absolute atomic E-state index is 0.248. The lowest BCUT2D eigenvalue weighted by molar-refractivity contribution is 0.262. The van der Waals surface area contributed by atoms with E-state index < -0.39 is 0 Å². The maximum Gasteiger partial charge on any atom is 0.196 e. The number of nitrogens with zero attached hydrogens (tertiary/aromatic N) is 1. The molecule has 274 valence electrons. The zero-order valence-electron chi connectivity index (χ0n) is 31.7. The molecule has 10 aromatic carbocycles. The topological polar surface area (TPSA) is 24.5 Å². The molecular formula is C55H38N2O. The van der Waals surface area contributed by atoms with Crippen LogP contribution in [0.1, 0.15) is 11.8 Å². The van der Waals surface area contributed by atoms with Crippen LogP contribution in [0, 0.1) is 0 Å². The van der Waals surface area contributed by atoms with Gasteiger partial charge in [0.2, 0.25) is 0 Å². The van der Waals surface area contributed by atoms with Crippen LogP contribution in [0.25, 0.3) is 65.7 Å². The van der Waals surface area contributed by atoms with Crippen LogP contribution in [0.15, 0.2) is 218 Å². The maximum atomic E-state index is 6.73. The fourth-order valence-electron chi connectivity index (χ4n) is 8.52. The average Bonchev–Trinajstić information content (AvgIpc) is 3.77. The Kier molecular flexibility index (Phi) is 8.22. The first-order chi connectivity index (χ1) is 28.7. The Morgan fingerprint density at radius 2 is 0.810 bits per heavy atom. The van der Waals surface area contributed by atoms with Gasteiger partial charge >= 0.3 is 0 Å². The van der Waals surface area contributed by atoms with Gasteiger partial charge in [0, 0.05) is 33.4 Å². The molecule has 0 saturated carbocycles. The van der Waals surface area contributed by atoms with E-state index in [2.05, 4.69) is 223 Å². The van der Waals surface area contributed by atoms with Crippen LogP contribution in [0.2, 0.25) is 0 Å². The summed E-state index contributed by atoms with van der Waals surface area (Å²) < 4.78 is 6.73. The molecule has 3 nitrogen and oxygen atoms in total. The van der Waals surface area contributed by atoms with Crippen LogP contribution in [-0.4, -0.2) is 0 Å². The second-order valence-corrected chi connectivity index (χ2v) is 15.0. The minimum Gasteiger partial charge on any atom is -0.464 e. The van der Waals surface area contributed by atoms with Gasteiger partial charge in [-0.2, -0.15) is 0 Å². The van der Waals surface area contributed by atoms with Gasteiger partial charge in [-0.05, 0) is 103 Å². The Morgan fingerprint density at radius 1 is 0.345 bits per heavy atom. The fraction of sp³-hybridized carbons (Fsp3) is 0.0182. The third-order valence-electron chi connectivity index (χ3n) is 11.5. The molecule has 0 fully saturated rings. The van der Waals surface area contributed by atoms with Crippen molar-refractivity contribution < 1.29 is 4.74 Å². The molecular weight excluding hydrogens is 705 g/mol. The summed E-state index contributed by atoms with van der Waals surface area (Å²) in [4.78, 5) is 2.34. The summed E-state index contributed by atoms with van der Waals surface area (Å²) in [5, 5.41) is 10.9. The first kappa shape index (κ1) is 33.7. The second-order valence-electron chi connectivity index (χ2n) is 15.0. The normalized spacial score (nSPS) is 13.3. The Balaban J connectivity index is 0.966. The van der Waals surface area contributed by atoms with Gasteiger partial charge < -0.3 is 15.0 Å². The van der Waals surface area contributed by atoms with E-state index in [1.807, 2.05) is 6.07 Å². The van der Waals surface area contributed by atoms with Crippen molar-refractivity contribution in [2.45, 2.75) is 6.23 Å². The van der Waals surface area contributed by atoms with Crippen molar-refractivity contribution >= 4 is 55.1 Å². The van der Waals surface area contributed by atoms with Gasteiger partial charge in [0.25, 0.3) is 0 Å². The molecule has 0 amide bonds. The predicted molar refractivity (Wildman–Crippen MR) is 243 cm³/mol. The van der Waals surface area contributed by atoms with Gasteiger partial charge in [-0.1, -0.05) is 170 Å². The number of anilines is 4. The molecule has 0 spiro atoms. The number of ether oxygens (including phenoxy) is 1. The first-order valence-corrected chi connectivity index (χ1v) is 19.9. The van der Waals surface area contributed by atoms with E-state index in [4.69, 9.17) is 4.74 Å². The van der Waals surface area contributed by atoms with Crippen molar-refractivity contribution in [3.63, 3.8) is 0 Å².